The summed E-state index contributed by atoms with van der Waals surface area (Å²) >= 11 is 0. The van der Waals surface area contributed by atoms with E-state index in [-0.39, 0.29) is 18.4 Å². The summed E-state index contributed by atoms with van der Waals surface area (Å²) in [6.07, 6.45) is 2.04. The normalized spacial score (nSPS) is 21.1. The first kappa shape index (κ1) is 17.7. The van der Waals surface area contributed by atoms with Crippen molar-refractivity contribution >= 4 is 17.8 Å². The molecule has 0 radical (unpaired) electrons. The van der Waals surface area contributed by atoms with Crippen molar-refractivity contribution in [3.05, 3.63) is 0 Å². The number of piperidine rings is 1. The van der Waals surface area contributed by atoms with E-state index in [2.05, 4.69) is 29.4 Å². The molecular weight excluding hydrogens is 296 g/mol. The van der Waals surface area contributed by atoms with Crippen molar-refractivity contribution in [1.82, 2.24) is 20.4 Å². The quantitative estimate of drug-likeness (QED) is 0.699. The Hall–Kier alpha value is -1.63. The van der Waals surface area contributed by atoms with Crippen LogP contribution in [0.4, 0.5) is 4.79 Å². The smallest absolute Gasteiger partial charge is 0.325 e. The van der Waals surface area contributed by atoms with Crippen LogP contribution < -0.4 is 10.6 Å². The minimum Gasteiger partial charge on any atom is -0.355 e. The molecule has 2 saturated heterocycles. The predicted octanol–water partition coefficient (Wildman–Crippen LogP) is 0.555. The Labute approximate surface area is 137 Å². The summed E-state index contributed by atoms with van der Waals surface area (Å²) in [5, 5.41) is 5.53. The summed E-state index contributed by atoms with van der Waals surface area (Å²) in [4.78, 5) is 40.0. The van der Waals surface area contributed by atoms with Gasteiger partial charge in [0.2, 0.25) is 5.91 Å². The van der Waals surface area contributed by atoms with E-state index in [0.29, 0.717) is 25.3 Å². The molecule has 7 nitrogen and oxygen atoms in total. The lowest BCUT2D eigenvalue weighted by atomic mass is 9.87. The monoisotopic (exact) mass is 324 g/mol. The number of nitrogens with zero attached hydrogens (tertiary/aromatic N) is 2. The van der Waals surface area contributed by atoms with Crippen LogP contribution in [0.5, 0.6) is 0 Å². The Morgan fingerprint density at radius 1 is 1.30 bits per heavy atom. The van der Waals surface area contributed by atoms with Crippen molar-refractivity contribution in [2.45, 2.75) is 45.6 Å². The van der Waals surface area contributed by atoms with Crippen molar-refractivity contribution in [3.8, 4) is 0 Å². The largest absolute Gasteiger partial charge is 0.355 e. The van der Waals surface area contributed by atoms with Crippen LogP contribution in [0.25, 0.3) is 0 Å². The van der Waals surface area contributed by atoms with Gasteiger partial charge < -0.3 is 15.5 Å². The fourth-order valence-corrected chi connectivity index (χ4v) is 3.26. The lowest BCUT2D eigenvalue weighted by molar-refractivity contribution is -0.136. The number of urea groups is 1. The highest BCUT2D eigenvalue weighted by Gasteiger charge is 2.52. The number of amides is 4. The van der Waals surface area contributed by atoms with E-state index in [4.69, 9.17) is 0 Å². The molecule has 2 aliphatic heterocycles. The maximum absolute atomic E-state index is 12.7. The van der Waals surface area contributed by atoms with Gasteiger partial charge in [-0.3, -0.25) is 14.5 Å². The van der Waals surface area contributed by atoms with Gasteiger partial charge in [0.15, 0.2) is 0 Å². The zero-order valence-electron chi connectivity index (χ0n) is 14.4. The average Bonchev–Trinajstić information content (AvgIpc) is 2.72. The van der Waals surface area contributed by atoms with Crippen molar-refractivity contribution in [1.29, 1.82) is 0 Å². The molecule has 0 atom stereocenters. The molecule has 130 valence electrons. The first-order chi connectivity index (χ1) is 10.9. The minimum atomic E-state index is -0.810. The summed E-state index contributed by atoms with van der Waals surface area (Å²) in [7, 11) is 0. The zero-order chi connectivity index (χ0) is 17.0. The third kappa shape index (κ3) is 4.02. The average molecular weight is 324 g/mol. The highest BCUT2D eigenvalue weighted by atomic mass is 16.2. The molecule has 0 aromatic heterocycles. The standard InChI is InChI=1S/C16H28N4O3/c1-4-7-17-13(21)11-20-14(22)16(18-15(20)23)5-8-19(9-6-16)10-12(2)3/h12H,4-11H2,1-3H3,(H,17,21)(H,18,23). The molecule has 0 saturated carbocycles. The molecule has 2 rings (SSSR count). The van der Waals surface area contributed by atoms with Gasteiger partial charge in [-0.25, -0.2) is 4.79 Å². The van der Waals surface area contributed by atoms with Gasteiger partial charge in [-0.1, -0.05) is 20.8 Å². The Bertz CT molecular complexity index is 470. The predicted molar refractivity (Wildman–Crippen MR) is 86.8 cm³/mol. The second-order valence-corrected chi connectivity index (χ2v) is 6.95. The molecule has 2 heterocycles. The topological polar surface area (TPSA) is 81.8 Å². The van der Waals surface area contributed by atoms with Gasteiger partial charge in [0, 0.05) is 26.2 Å². The Morgan fingerprint density at radius 3 is 2.52 bits per heavy atom. The number of carbonyl (C=O) groups excluding carboxylic acids is 3. The number of imide groups is 1. The number of rotatable bonds is 6. The molecule has 23 heavy (non-hydrogen) atoms. The van der Waals surface area contributed by atoms with E-state index in [1.165, 1.54) is 0 Å². The van der Waals surface area contributed by atoms with E-state index in [9.17, 15) is 14.4 Å². The van der Waals surface area contributed by atoms with Gasteiger partial charge in [-0.05, 0) is 25.2 Å². The van der Waals surface area contributed by atoms with Gasteiger partial charge in [-0.2, -0.15) is 0 Å². The first-order valence-corrected chi connectivity index (χ1v) is 8.51. The minimum absolute atomic E-state index is 0.192. The molecule has 7 heteroatoms. The van der Waals surface area contributed by atoms with Gasteiger partial charge in [0.1, 0.15) is 12.1 Å². The molecule has 2 N–H and O–H groups in total. The van der Waals surface area contributed by atoms with Crippen LogP contribution in [0, 0.1) is 5.92 Å². The molecule has 1 spiro atoms. The third-order valence-corrected chi connectivity index (χ3v) is 4.45. The lowest BCUT2D eigenvalue weighted by Gasteiger charge is -2.37. The van der Waals surface area contributed by atoms with Crippen LogP contribution >= 0.6 is 0 Å². The van der Waals surface area contributed by atoms with Crippen LogP contribution in [-0.4, -0.2) is 65.9 Å². The fraction of sp³-hybridized carbons (Fsp3) is 0.812. The van der Waals surface area contributed by atoms with Crippen LogP contribution in [0.3, 0.4) is 0 Å². The van der Waals surface area contributed by atoms with Crippen molar-refractivity contribution in [2.75, 3.05) is 32.7 Å². The van der Waals surface area contributed by atoms with Gasteiger partial charge >= 0.3 is 6.03 Å². The molecule has 0 aromatic carbocycles. The molecule has 2 fully saturated rings. The number of nitrogens with one attached hydrogen (secondary N) is 2. The molecular formula is C16H28N4O3. The number of likely N-dealkylation sites (tertiary alicyclic amines) is 1. The number of carbonyl (C=O) groups is 3. The zero-order valence-corrected chi connectivity index (χ0v) is 14.4. The number of hydrogen-bond donors (Lipinski definition) is 2. The Kier molecular flexibility index (Phi) is 5.62. The van der Waals surface area contributed by atoms with E-state index in [1.807, 2.05) is 6.92 Å². The van der Waals surface area contributed by atoms with Gasteiger partial charge in [-0.15, -0.1) is 0 Å². The second kappa shape index (κ2) is 7.29. The second-order valence-electron chi connectivity index (χ2n) is 6.95. The van der Waals surface area contributed by atoms with Crippen LogP contribution in [-0.2, 0) is 9.59 Å². The van der Waals surface area contributed by atoms with E-state index in [1.54, 1.807) is 0 Å². The molecule has 0 aliphatic carbocycles. The van der Waals surface area contributed by atoms with Crippen LogP contribution in [0.15, 0.2) is 0 Å². The highest BCUT2D eigenvalue weighted by Crippen LogP contribution is 2.29. The highest BCUT2D eigenvalue weighted by molar-refractivity contribution is 6.09. The summed E-state index contributed by atoms with van der Waals surface area (Å²) in [5.74, 6) is 0.0414. The molecule has 2 aliphatic rings. The van der Waals surface area contributed by atoms with Crippen molar-refractivity contribution < 1.29 is 14.4 Å². The van der Waals surface area contributed by atoms with Crippen molar-refractivity contribution in [3.63, 3.8) is 0 Å². The molecule has 0 unspecified atom stereocenters. The van der Waals surface area contributed by atoms with Crippen molar-refractivity contribution in [2.24, 2.45) is 5.92 Å². The molecule has 0 bridgehead atoms. The Morgan fingerprint density at radius 2 is 1.96 bits per heavy atom. The Balaban J connectivity index is 1.94. The summed E-state index contributed by atoms with van der Waals surface area (Å²) in [6.45, 7) is 9.24. The van der Waals surface area contributed by atoms with E-state index in [0.717, 1.165) is 31.0 Å². The van der Waals surface area contributed by atoms with E-state index < -0.39 is 11.6 Å². The molecule has 0 aromatic rings. The van der Waals surface area contributed by atoms with Crippen LogP contribution in [0.2, 0.25) is 0 Å². The third-order valence-electron chi connectivity index (χ3n) is 4.45. The van der Waals surface area contributed by atoms with E-state index >= 15 is 0 Å². The maximum Gasteiger partial charge on any atom is 0.325 e. The lowest BCUT2D eigenvalue weighted by Crippen LogP contribution is -2.55. The summed E-state index contributed by atoms with van der Waals surface area (Å²) in [6, 6.07) is -0.445. The number of hydrogen-bond acceptors (Lipinski definition) is 4. The fourth-order valence-electron chi connectivity index (χ4n) is 3.26. The molecule has 4 amide bonds. The van der Waals surface area contributed by atoms with Gasteiger partial charge in [0.25, 0.3) is 5.91 Å². The summed E-state index contributed by atoms with van der Waals surface area (Å²) < 4.78 is 0. The SMILES string of the molecule is CCCNC(=O)CN1C(=O)NC2(CCN(CC(C)C)CC2)C1=O. The summed E-state index contributed by atoms with van der Waals surface area (Å²) in [5.41, 5.74) is -0.810. The van der Waals surface area contributed by atoms with Crippen LogP contribution in [0.1, 0.15) is 40.0 Å². The maximum atomic E-state index is 12.7. The van der Waals surface area contributed by atoms with Gasteiger partial charge in [0.05, 0.1) is 0 Å². The first-order valence-electron chi connectivity index (χ1n) is 8.51.